The number of nitrogens with zero attached hydrogens (tertiary/aromatic N) is 3. The van der Waals surface area contributed by atoms with Gasteiger partial charge in [0.1, 0.15) is 30.2 Å². The van der Waals surface area contributed by atoms with E-state index in [0.29, 0.717) is 56.2 Å². The van der Waals surface area contributed by atoms with Crippen LogP contribution in [0, 0.1) is 12.7 Å². The Morgan fingerprint density at radius 1 is 1.11 bits per heavy atom. The number of carbonyl (C=O) groups is 1. The van der Waals surface area contributed by atoms with E-state index in [4.69, 9.17) is 14.2 Å². The number of hydrogen-bond acceptors (Lipinski definition) is 9. The SMILES string of the molecule is Cc1c(Nc2ccc(S(=O)(=O)C3CC3)cc2F)ncnc1OC1CC2COCC(C1)N2C(=O)OC1CCC1. The van der Waals surface area contributed by atoms with Crippen molar-refractivity contribution in [3.8, 4) is 5.88 Å². The van der Waals surface area contributed by atoms with Crippen LogP contribution in [0.3, 0.4) is 0 Å². The van der Waals surface area contributed by atoms with E-state index in [0.717, 1.165) is 25.3 Å². The van der Waals surface area contributed by atoms with Gasteiger partial charge in [0.2, 0.25) is 5.88 Å². The highest BCUT2D eigenvalue weighted by Gasteiger charge is 2.44. The Bertz CT molecular complexity index is 1320. The lowest BCUT2D eigenvalue weighted by molar-refractivity contribution is -0.0984. The average molecular weight is 547 g/mol. The molecule has 2 aliphatic heterocycles. The molecule has 1 aromatic heterocycles. The minimum absolute atomic E-state index is 0.0103. The third-order valence-corrected chi connectivity index (χ3v) is 10.1. The zero-order valence-electron chi connectivity index (χ0n) is 21.1. The summed E-state index contributed by atoms with van der Waals surface area (Å²) in [7, 11) is -3.48. The summed E-state index contributed by atoms with van der Waals surface area (Å²) in [6.07, 6.45) is 6.24. The second-order valence-electron chi connectivity index (χ2n) is 10.6. The highest BCUT2D eigenvalue weighted by molar-refractivity contribution is 7.92. The topological polar surface area (TPSA) is 120 Å². The quantitative estimate of drug-likeness (QED) is 0.551. The van der Waals surface area contributed by atoms with Crippen LogP contribution in [-0.4, -0.2) is 72.1 Å². The number of halogens is 1. The molecule has 2 unspecified atom stereocenters. The molecule has 0 radical (unpaired) electrons. The third-order valence-electron chi connectivity index (χ3n) is 7.81. The second kappa shape index (κ2) is 9.96. The monoisotopic (exact) mass is 546 g/mol. The molecule has 10 nitrogen and oxygen atoms in total. The summed E-state index contributed by atoms with van der Waals surface area (Å²) in [6, 6.07) is 3.59. The molecular weight excluding hydrogens is 515 g/mol. The number of piperidine rings is 1. The van der Waals surface area contributed by atoms with Crippen LogP contribution >= 0.6 is 0 Å². The Labute approximate surface area is 220 Å². The molecule has 1 amide bonds. The highest BCUT2D eigenvalue weighted by atomic mass is 32.2. The van der Waals surface area contributed by atoms with E-state index >= 15 is 0 Å². The van der Waals surface area contributed by atoms with E-state index in [2.05, 4.69) is 15.3 Å². The fraction of sp³-hybridized carbons (Fsp3) is 0.577. The molecule has 1 N–H and O–H groups in total. The van der Waals surface area contributed by atoms with E-state index < -0.39 is 20.9 Å². The number of aromatic nitrogens is 2. The molecule has 2 saturated heterocycles. The molecule has 6 rings (SSSR count). The molecule has 2 aliphatic carbocycles. The zero-order valence-corrected chi connectivity index (χ0v) is 22.0. The van der Waals surface area contributed by atoms with E-state index in [-0.39, 0.29) is 41.0 Å². The van der Waals surface area contributed by atoms with Crippen molar-refractivity contribution in [2.75, 3.05) is 18.5 Å². The fourth-order valence-electron chi connectivity index (χ4n) is 5.26. The Morgan fingerprint density at radius 3 is 2.47 bits per heavy atom. The van der Waals surface area contributed by atoms with Gasteiger partial charge in [-0.25, -0.2) is 27.6 Å². The normalized spacial score (nSPS) is 25.4. The van der Waals surface area contributed by atoms with Crippen LogP contribution in [0.4, 0.5) is 20.7 Å². The van der Waals surface area contributed by atoms with Crippen molar-refractivity contribution in [1.29, 1.82) is 0 Å². The van der Waals surface area contributed by atoms with Crippen molar-refractivity contribution in [2.45, 2.75) is 86.3 Å². The van der Waals surface area contributed by atoms with Crippen LogP contribution in [0.1, 0.15) is 50.5 Å². The molecule has 4 aliphatic rings. The number of sulfone groups is 1. The fourth-order valence-corrected chi connectivity index (χ4v) is 6.93. The van der Waals surface area contributed by atoms with E-state index in [1.165, 1.54) is 18.5 Å². The van der Waals surface area contributed by atoms with Crippen LogP contribution in [-0.2, 0) is 19.3 Å². The highest BCUT2D eigenvalue weighted by Crippen LogP contribution is 2.36. The first kappa shape index (κ1) is 25.3. The summed E-state index contributed by atoms with van der Waals surface area (Å²) < 4.78 is 57.4. The molecule has 204 valence electrons. The van der Waals surface area contributed by atoms with Crippen LogP contribution in [0.15, 0.2) is 29.4 Å². The second-order valence-corrected chi connectivity index (χ2v) is 12.8. The molecule has 1 aromatic carbocycles. The molecule has 2 bridgehead atoms. The van der Waals surface area contributed by atoms with E-state index in [1.54, 1.807) is 6.92 Å². The van der Waals surface area contributed by atoms with Crippen molar-refractivity contribution in [3.05, 3.63) is 35.9 Å². The molecule has 2 aromatic rings. The summed E-state index contributed by atoms with van der Waals surface area (Å²) in [5.74, 6) is 0.0447. The third kappa shape index (κ3) is 4.91. The van der Waals surface area contributed by atoms with Gasteiger partial charge in [-0.1, -0.05) is 0 Å². The molecule has 3 heterocycles. The van der Waals surface area contributed by atoms with Crippen LogP contribution in [0.5, 0.6) is 5.88 Å². The van der Waals surface area contributed by atoms with E-state index in [9.17, 15) is 17.6 Å². The molecular formula is C26H31FN4O6S. The van der Waals surface area contributed by atoms with Crippen molar-refractivity contribution < 1.29 is 31.8 Å². The van der Waals surface area contributed by atoms with Crippen molar-refractivity contribution in [3.63, 3.8) is 0 Å². The van der Waals surface area contributed by atoms with Gasteiger partial charge in [0.25, 0.3) is 0 Å². The lowest BCUT2D eigenvalue weighted by Crippen LogP contribution is -2.61. The summed E-state index contributed by atoms with van der Waals surface area (Å²) in [4.78, 5) is 23.1. The zero-order chi connectivity index (χ0) is 26.4. The maximum absolute atomic E-state index is 14.8. The summed E-state index contributed by atoms with van der Waals surface area (Å²) in [6.45, 7) is 2.63. The first-order valence-electron chi connectivity index (χ1n) is 13.1. The number of carbonyl (C=O) groups excluding carboxylic acids is 1. The molecule has 38 heavy (non-hydrogen) atoms. The number of fused-ring (bicyclic) bond motifs is 2. The van der Waals surface area contributed by atoms with Gasteiger partial charge in [0.05, 0.1) is 46.7 Å². The van der Waals surface area contributed by atoms with Gasteiger partial charge in [0, 0.05) is 12.8 Å². The first-order valence-corrected chi connectivity index (χ1v) is 14.7. The maximum Gasteiger partial charge on any atom is 0.410 e. The number of ether oxygens (including phenoxy) is 3. The number of nitrogens with one attached hydrogen (secondary N) is 1. The lowest BCUT2D eigenvalue weighted by atomic mass is 9.92. The van der Waals surface area contributed by atoms with Gasteiger partial charge in [0.15, 0.2) is 9.84 Å². The number of amides is 1. The maximum atomic E-state index is 14.8. The van der Waals surface area contributed by atoms with Gasteiger partial charge in [-0.3, -0.25) is 4.90 Å². The van der Waals surface area contributed by atoms with Gasteiger partial charge < -0.3 is 19.5 Å². The van der Waals surface area contributed by atoms with Crippen molar-refractivity contribution >= 4 is 27.4 Å². The predicted octanol–water partition coefficient (Wildman–Crippen LogP) is 3.90. The standard InChI is InChI=1S/C26H31FN4O6S/c1-15-24(30-23-8-7-21(11-22(23)27)38(33,34)20-5-6-20)28-14-29-25(15)36-19-9-16-12-35-13-17(10-19)31(16)26(32)37-18-3-2-4-18/h7-8,11,14,16-20H,2-6,9-10,12-13H2,1H3,(H,28,29,30). The number of morpholine rings is 1. The minimum Gasteiger partial charge on any atom is -0.474 e. The number of rotatable bonds is 7. The largest absolute Gasteiger partial charge is 0.474 e. The Kier molecular flexibility index (Phi) is 6.63. The molecule has 2 atom stereocenters. The van der Waals surface area contributed by atoms with Crippen molar-refractivity contribution in [1.82, 2.24) is 14.9 Å². The Morgan fingerprint density at radius 2 is 1.84 bits per heavy atom. The molecule has 12 heteroatoms. The lowest BCUT2D eigenvalue weighted by Gasteiger charge is -2.47. The molecule has 4 fully saturated rings. The smallest absolute Gasteiger partial charge is 0.410 e. The average Bonchev–Trinajstić information content (AvgIpc) is 3.71. The number of anilines is 2. The van der Waals surface area contributed by atoms with Crippen LogP contribution in [0.25, 0.3) is 0 Å². The summed E-state index contributed by atoms with van der Waals surface area (Å²) in [5.41, 5.74) is 0.701. The van der Waals surface area contributed by atoms with E-state index in [1.807, 2.05) is 4.90 Å². The molecule has 2 saturated carbocycles. The summed E-state index contributed by atoms with van der Waals surface area (Å²) >= 11 is 0. The van der Waals surface area contributed by atoms with Gasteiger partial charge in [-0.15, -0.1) is 0 Å². The summed E-state index contributed by atoms with van der Waals surface area (Å²) in [5, 5.41) is 2.54. The predicted molar refractivity (Wildman–Crippen MR) is 135 cm³/mol. The number of hydrogen-bond donors (Lipinski definition) is 1. The van der Waals surface area contributed by atoms with Gasteiger partial charge in [-0.05, 0) is 57.2 Å². The van der Waals surface area contributed by atoms with Crippen LogP contribution in [0.2, 0.25) is 0 Å². The van der Waals surface area contributed by atoms with Crippen molar-refractivity contribution in [2.24, 2.45) is 0 Å². The Hall–Kier alpha value is -2.99. The minimum atomic E-state index is -3.48. The van der Waals surface area contributed by atoms with Crippen LogP contribution < -0.4 is 10.1 Å². The Balaban J connectivity index is 1.13. The number of benzene rings is 1. The first-order chi connectivity index (χ1) is 18.3. The molecule has 0 spiro atoms. The van der Waals surface area contributed by atoms with Gasteiger partial charge in [-0.2, -0.15) is 0 Å². The van der Waals surface area contributed by atoms with Gasteiger partial charge >= 0.3 is 6.09 Å².